The van der Waals surface area contributed by atoms with Crippen LogP contribution in [0.5, 0.6) is 0 Å². The van der Waals surface area contributed by atoms with E-state index in [0.29, 0.717) is 30.1 Å². The highest BCUT2D eigenvalue weighted by Gasteiger charge is 2.31. The van der Waals surface area contributed by atoms with E-state index in [1.165, 1.54) is 6.07 Å². The van der Waals surface area contributed by atoms with Gasteiger partial charge < -0.3 is 15.2 Å². The molecule has 0 unspecified atom stereocenters. The monoisotopic (exact) mass is 504 g/mol. The lowest BCUT2D eigenvalue weighted by atomic mass is 9.83. The highest BCUT2D eigenvalue weighted by atomic mass is 35.5. The molecule has 35 heavy (non-hydrogen) atoms. The van der Waals surface area contributed by atoms with E-state index >= 15 is 0 Å². The fraction of sp³-hybridized carbons (Fsp3) is 0.593. The number of amides is 1. The maximum atomic E-state index is 13.7. The van der Waals surface area contributed by atoms with E-state index in [2.05, 4.69) is 15.6 Å². The zero-order valence-corrected chi connectivity index (χ0v) is 22.4. The Balaban J connectivity index is 1.65. The average molecular weight is 505 g/mol. The van der Waals surface area contributed by atoms with Crippen LogP contribution in [0.3, 0.4) is 0 Å². The summed E-state index contributed by atoms with van der Waals surface area (Å²) in [5, 5.41) is 6.88. The zero-order valence-electron chi connectivity index (χ0n) is 21.7. The van der Waals surface area contributed by atoms with E-state index in [1.54, 1.807) is 18.6 Å². The first-order valence-electron chi connectivity index (χ1n) is 12.4. The number of hydrogen-bond donors (Lipinski definition) is 2. The Morgan fingerprint density at radius 2 is 1.97 bits per heavy atom. The number of hydrogen-bond acceptors (Lipinski definition) is 4. The van der Waals surface area contributed by atoms with Gasteiger partial charge in [0, 0.05) is 34.6 Å². The molecular weight excluding hydrogens is 467 g/mol. The number of carbonyl (C=O) groups excluding carboxylic acids is 2. The molecular formula is C27H38ClFN4O2. The van der Waals surface area contributed by atoms with Crippen LogP contribution in [0.1, 0.15) is 78.4 Å². The van der Waals surface area contributed by atoms with Gasteiger partial charge in [0.25, 0.3) is 0 Å². The van der Waals surface area contributed by atoms with E-state index in [-0.39, 0.29) is 29.6 Å². The van der Waals surface area contributed by atoms with E-state index < -0.39 is 11.0 Å². The molecule has 0 spiro atoms. The summed E-state index contributed by atoms with van der Waals surface area (Å²) >= 11 is 6.30. The molecule has 6 nitrogen and oxygen atoms in total. The SMILES string of the molecule is CCC[C@H](N[C@H]1CCc2cc(F)cc(Cl)c2C1)C(=O)Nc1cn(C(C)(C)CC(=O)C(C)(C)C)cn1. The number of carbonyl (C=O) groups is 2. The van der Waals surface area contributed by atoms with E-state index in [1.807, 2.05) is 46.1 Å². The molecule has 2 aromatic rings. The maximum Gasteiger partial charge on any atom is 0.242 e. The van der Waals surface area contributed by atoms with Gasteiger partial charge in [-0.05, 0) is 62.8 Å². The Morgan fingerprint density at radius 1 is 1.26 bits per heavy atom. The standard InChI is InChI=1S/C27H38ClFN4O2/c1-7-8-22(31-19-10-9-17-11-18(29)12-21(28)20(17)13-19)25(35)32-24-15-33(16-30-24)27(5,6)14-23(34)26(2,3)4/h11-12,15-16,19,22,31H,7-10,13-14H2,1-6H3,(H,32,35)/t19-,22-/m0/s1. The molecule has 3 rings (SSSR count). The predicted octanol–water partition coefficient (Wildman–Crippen LogP) is 5.67. The molecule has 0 fully saturated rings. The minimum Gasteiger partial charge on any atom is -0.329 e. The second-order valence-corrected chi connectivity index (χ2v) is 11.7. The number of rotatable bonds is 9. The molecule has 0 aliphatic heterocycles. The Kier molecular flexibility index (Phi) is 8.43. The molecule has 1 aliphatic carbocycles. The largest absolute Gasteiger partial charge is 0.329 e. The molecule has 0 saturated carbocycles. The number of anilines is 1. The first kappa shape index (κ1) is 27.3. The Morgan fingerprint density at radius 3 is 2.63 bits per heavy atom. The van der Waals surface area contributed by atoms with Crippen molar-refractivity contribution in [3.63, 3.8) is 0 Å². The van der Waals surface area contributed by atoms with Crippen molar-refractivity contribution in [3.05, 3.63) is 46.6 Å². The number of aryl methyl sites for hydroxylation is 1. The average Bonchev–Trinajstić information content (AvgIpc) is 3.22. The van der Waals surface area contributed by atoms with Gasteiger partial charge in [0.1, 0.15) is 11.6 Å². The number of imidazole rings is 1. The summed E-state index contributed by atoms with van der Waals surface area (Å²) in [5.41, 5.74) is 1.03. The lowest BCUT2D eigenvalue weighted by Gasteiger charge is -2.30. The number of Topliss-reactive ketones (excluding diaryl/α,β-unsaturated/α-hetero) is 1. The van der Waals surface area contributed by atoms with Crippen molar-refractivity contribution < 1.29 is 14.0 Å². The number of fused-ring (bicyclic) bond motifs is 1. The summed E-state index contributed by atoms with van der Waals surface area (Å²) in [5.74, 6) is 0.179. The second-order valence-electron chi connectivity index (χ2n) is 11.3. The van der Waals surface area contributed by atoms with Gasteiger partial charge in [-0.25, -0.2) is 9.37 Å². The highest BCUT2D eigenvalue weighted by Crippen LogP contribution is 2.30. The molecule has 1 aromatic carbocycles. The van der Waals surface area contributed by atoms with Crippen LogP contribution >= 0.6 is 11.6 Å². The topological polar surface area (TPSA) is 76.0 Å². The summed E-state index contributed by atoms with van der Waals surface area (Å²) in [6.45, 7) is 11.8. The Hall–Kier alpha value is -2.25. The Labute approximate surface area is 213 Å². The fourth-order valence-electron chi connectivity index (χ4n) is 4.47. The summed E-state index contributed by atoms with van der Waals surface area (Å²) < 4.78 is 15.6. The molecule has 2 N–H and O–H groups in total. The number of aromatic nitrogens is 2. The van der Waals surface area contributed by atoms with E-state index in [0.717, 1.165) is 30.4 Å². The highest BCUT2D eigenvalue weighted by molar-refractivity contribution is 6.31. The van der Waals surface area contributed by atoms with Crippen LogP contribution in [0.15, 0.2) is 24.7 Å². The summed E-state index contributed by atoms with van der Waals surface area (Å²) in [7, 11) is 0. The van der Waals surface area contributed by atoms with Gasteiger partial charge in [0.2, 0.25) is 5.91 Å². The molecule has 1 heterocycles. The maximum absolute atomic E-state index is 13.7. The lowest BCUT2D eigenvalue weighted by molar-refractivity contribution is -0.128. The van der Waals surface area contributed by atoms with Gasteiger partial charge in [-0.15, -0.1) is 0 Å². The normalized spacial score (nSPS) is 17.1. The van der Waals surface area contributed by atoms with Crippen molar-refractivity contribution in [2.24, 2.45) is 5.41 Å². The number of halogens is 2. The minimum absolute atomic E-state index is 0.0765. The second kappa shape index (κ2) is 10.8. The van der Waals surface area contributed by atoms with Crippen molar-refractivity contribution in [1.82, 2.24) is 14.9 Å². The fourth-order valence-corrected chi connectivity index (χ4v) is 4.78. The first-order chi connectivity index (χ1) is 16.3. The molecule has 192 valence electrons. The van der Waals surface area contributed by atoms with Gasteiger partial charge >= 0.3 is 0 Å². The summed E-state index contributed by atoms with van der Waals surface area (Å²) in [6.07, 6.45) is 7.52. The van der Waals surface area contributed by atoms with Crippen molar-refractivity contribution in [2.45, 2.75) is 97.7 Å². The third-order valence-corrected chi connectivity index (χ3v) is 7.10. The van der Waals surface area contributed by atoms with Gasteiger partial charge in [0.15, 0.2) is 5.82 Å². The molecule has 0 saturated heterocycles. The first-order valence-corrected chi connectivity index (χ1v) is 12.8. The van der Waals surface area contributed by atoms with Crippen molar-refractivity contribution in [3.8, 4) is 0 Å². The molecule has 1 aromatic heterocycles. The number of nitrogens with zero attached hydrogens (tertiary/aromatic N) is 2. The van der Waals surface area contributed by atoms with Gasteiger partial charge in [-0.1, -0.05) is 45.7 Å². The van der Waals surface area contributed by atoms with Gasteiger partial charge in [-0.2, -0.15) is 0 Å². The van der Waals surface area contributed by atoms with Crippen LogP contribution in [0, 0.1) is 11.2 Å². The van der Waals surface area contributed by atoms with Crippen LogP contribution in [-0.4, -0.2) is 33.3 Å². The van der Waals surface area contributed by atoms with Crippen molar-refractivity contribution >= 4 is 29.1 Å². The van der Waals surface area contributed by atoms with Crippen LogP contribution < -0.4 is 10.6 Å². The molecule has 0 radical (unpaired) electrons. The van der Waals surface area contributed by atoms with Crippen LogP contribution in [0.4, 0.5) is 10.2 Å². The van der Waals surface area contributed by atoms with Crippen molar-refractivity contribution in [2.75, 3.05) is 5.32 Å². The third-order valence-electron chi connectivity index (χ3n) is 6.76. The number of nitrogens with one attached hydrogen (secondary N) is 2. The number of ketones is 1. The van der Waals surface area contributed by atoms with Crippen LogP contribution in [0.2, 0.25) is 5.02 Å². The molecule has 1 amide bonds. The van der Waals surface area contributed by atoms with Crippen molar-refractivity contribution in [1.29, 1.82) is 0 Å². The zero-order chi connectivity index (χ0) is 26.0. The van der Waals surface area contributed by atoms with E-state index in [9.17, 15) is 14.0 Å². The molecule has 8 heteroatoms. The Bertz CT molecular complexity index is 1070. The minimum atomic E-state index is -0.463. The third kappa shape index (κ3) is 6.91. The van der Waals surface area contributed by atoms with E-state index in [4.69, 9.17) is 11.6 Å². The molecule has 2 atom stereocenters. The quantitative estimate of drug-likeness (QED) is 0.461. The van der Waals surface area contributed by atoms with Crippen LogP contribution in [-0.2, 0) is 28.0 Å². The summed E-state index contributed by atoms with van der Waals surface area (Å²) in [6, 6.07) is 2.60. The van der Waals surface area contributed by atoms with Gasteiger partial charge in [-0.3, -0.25) is 9.59 Å². The lowest BCUT2D eigenvalue weighted by Crippen LogP contribution is -2.47. The predicted molar refractivity (Wildman–Crippen MR) is 138 cm³/mol. The smallest absolute Gasteiger partial charge is 0.242 e. The summed E-state index contributed by atoms with van der Waals surface area (Å²) in [4.78, 5) is 30.1. The number of benzene rings is 1. The molecule has 1 aliphatic rings. The molecule has 0 bridgehead atoms. The van der Waals surface area contributed by atoms with Crippen LogP contribution in [0.25, 0.3) is 0 Å². The van der Waals surface area contributed by atoms with Gasteiger partial charge in [0.05, 0.1) is 12.4 Å².